The van der Waals surface area contributed by atoms with E-state index in [1.165, 1.54) is 37.7 Å². The lowest BCUT2D eigenvalue weighted by molar-refractivity contribution is 0.386. The standard InChI is InChI=1S/C16H23Br/c1-16(2,3)15(17)10-8-12-7-9-13-5-4-6-14(13)11-12/h7,9,11,15H,4-6,8,10H2,1-3H3. The molecule has 1 aliphatic carbocycles. The van der Waals surface area contributed by atoms with Gasteiger partial charge in [-0.1, -0.05) is 54.9 Å². The summed E-state index contributed by atoms with van der Waals surface area (Å²) in [7, 11) is 0. The number of halogens is 1. The number of aryl methyl sites for hydroxylation is 3. The molecule has 0 saturated heterocycles. The van der Waals surface area contributed by atoms with E-state index < -0.39 is 0 Å². The lowest BCUT2D eigenvalue weighted by Crippen LogP contribution is -2.20. The Balaban J connectivity index is 1.96. The third-order valence-corrected chi connectivity index (χ3v) is 5.62. The van der Waals surface area contributed by atoms with Gasteiger partial charge in [0.1, 0.15) is 0 Å². The minimum absolute atomic E-state index is 0.358. The van der Waals surface area contributed by atoms with E-state index in [4.69, 9.17) is 0 Å². The number of fused-ring (bicyclic) bond motifs is 1. The van der Waals surface area contributed by atoms with Gasteiger partial charge in [0.2, 0.25) is 0 Å². The van der Waals surface area contributed by atoms with Crippen LogP contribution in [0, 0.1) is 5.41 Å². The molecule has 1 aromatic rings. The molecule has 1 aromatic carbocycles. The zero-order valence-electron chi connectivity index (χ0n) is 11.2. The Hall–Kier alpha value is -0.300. The van der Waals surface area contributed by atoms with E-state index in [-0.39, 0.29) is 0 Å². The summed E-state index contributed by atoms with van der Waals surface area (Å²) >= 11 is 3.82. The Morgan fingerprint density at radius 2 is 1.88 bits per heavy atom. The van der Waals surface area contributed by atoms with Gasteiger partial charge in [0.15, 0.2) is 0 Å². The first-order chi connectivity index (χ1) is 7.97. The van der Waals surface area contributed by atoms with Crippen LogP contribution in [0.4, 0.5) is 0 Å². The smallest absolute Gasteiger partial charge is 0.0197 e. The minimum atomic E-state index is 0.358. The molecule has 0 amide bonds. The maximum atomic E-state index is 3.82. The van der Waals surface area contributed by atoms with Gasteiger partial charge in [0.25, 0.3) is 0 Å². The quantitative estimate of drug-likeness (QED) is 0.694. The van der Waals surface area contributed by atoms with E-state index in [1.807, 2.05) is 0 Å². The van der Waals surface area contributed by atoms with E-state index in [0.29, 0.717) is 10.2 Å². The highest BCUT2D eigenvalue weighted by atomic mass is 79.9. The fourth-order valence-corrected chi connectivity index (χ4v) is 2.74. The van der Waals surface area contributed by atoms with Crippen molar-refractivity contribution in [2.75, 3.05) is 0 Å². The Morgan fingerprint density at radius 1 is 1.18 bits per heavy atom. The Bertz CT molecular complexity index is 387. The highest BCUT2D eigenvalue weighted by Gasteiger charge is 2.21. The van der Waals surface area contributed by atoms with Crippen molar-refractivity contribution in [3.05, 3.63) is 34.9 Å². The predicted octanol–water partition coefficient (Wildman–Crippen LogP) is 4.92. The van der Waals surface area contributed by atoms with Crippen LogP contribution in [0.3, 0.4) is 0 Å². The number of hydrogen-bond acceptors (Lipinski definition) is 0. The van der Waals surface area contributed by atoms with Crippen LogP contribution in [0.25, 0.3) is 0 Å². The summed E-state index contributed by atoms with van der Waals surface area (Å²) < 4.78 is 0. The van der Waals surface area contributed by atoms with Crippen molar-refractivity contribution in [2.45, 2.75) is 57.7 Å². The summed E-state index contributed by atoms with van der Waals surface area (Å²) in [5, 5.41) is 0. The number of hydrogen-bond donors (Lipinski definition) is 0. The van der Waals surface area contributed by atoms with Crippen LogP contribution in [-0.2, 0) is 19.3 Å². The molecule has 17 heavy (non-hydrogen) atoms. The van der Waals surface area contributed by atoms with Crippen LogP contribution in [0.2, 0.25) is 0 Å². The fraction of sp³-hybridized carbons (Fsp3) is 0.625. The molecule has 0 spiro atoms. The van der Waals surface area contributed by atoms with Crippen LogP contribution in [0.15, 0.2) is 18.2 Å². The molecule has 0 heterocycles. The average Bonchev–Trinajstić information content (AvgIpc) is 2.71. The maximum Gasteiger partial charge on any atom is 0.0197 e. The first kappa shape index (κ1) is 13.1. The topological polar surface area (TPSA) is 0 Å². The van der Waals surface area contributed by atoms with Crippen LogP contribution >= 0.6 is 15.9 Å². The van der Waals surface area contributed by atoms with Gasteiger partial charge in [0.05, 0.1) is 0 Å². The third kappa shape index (κ3) is 3.34. The number of benzene rings is 1. The molecule has 0 radical (unpaired) electrons. The summed E-state index contributed by atoms with van der Waals surface area (Å²) in [5.74, 6) is 0. The molecule has 0 saturated carbocycles. The van der Waals surface area contributed by atoms with Crippen molar-refractivity contribution < 1.29 is 0 Å². The summed E-state index contributed by atoms with van der Waals surface area (Å²) in [5.41, 5.74) is 5.06. The molecule has 0 bridgehead atoms. The minimum Gasteiger partial charge on any atom is -0.0885 e. The van der Waals surface area contributed by atoms with Crippen LogP contribution < -0.4 is 0 Å². The summed E-state index contributed by atoms with van der Waals surface area (Å²) in [4.78, 5) is 0.600. The van der Waals surface area contributed by atoms with E-state index in [9.17, 15) is 0 Å². The first-order valence-corrected chi connectivity index (χ1v) is 7.63. The summed E-state index contributed by atoms with van der Waals surface area (Å²) in [6.45, 7) is 6.90. The number of rotatable bonds is 3. The second-order valence-corrected chi connectivity index (χ2v) is 7.43. The summed E-state index contributed by atoms with van der Waals surface area (Å²) in [6, 6.07) is 7.11. The molecule has 1 heteroatoms. The molecule has 1 unspecified atom stereocenters. The van der Waals surface area contributed by atoms with Gasteiger partial charge in [-0.3, -0.25) is 0 Å². The Morgan fingerprint density at radius 3 is 2.59 bits per heavy atom. The molecule has 94 valence electrons. The average molecular weight is 295 g/mol. The molecule has 0 aromatic heterocycles. The third-order valence-electron chi connectivity index (χ3n) is 3.79. The van der Waals surface area contributed by atoms with Gasteiger partial charge >= 0.3 is 0 Å². The van der Waals surface area contributed by atoms with Gasteiger partial charge in [-0.25, -0.2) is 0 Å². The lowest BCUT2D eigenvalue weighted by atomic mass is 9.88. The SMILES string of the molecule is CC(C)(C)C(Br)CCc1ccc2c(c1)CCC2. The molecule has 2 rings (SSSR count). The van der Waals surface area contributed by atoms with Crippen molar-refractivity contribution in [1.82, 2.24) is 0 Å². The first-order valence-electron chi connectivity index (χ1n) is 6.71. The second kappa shape index (κ2) is 5.14. The Kier molecular flexibility index (Phi) is 3.97. The highest BCUT2D eigenvalue weighted by molar-refractivity contribution is 9.09. The number of alkyl halides is 1. The largest absolute Gasteiger partial charge is 0.0885 e. The Labute approximate surface area is 114 Å². The van der Waals surface area contributed by atoms with Crippen LogP contribution in [0.1, 0.15) is 50.3 Å². The molecule has 1 atom stereocenters. The van der Waals surface area contributed by atoms with Gasteiger partial charge in [0, 0.05) is 4.83 Å². The van der Waals surface area contributed by atoms with Crippen LogP contribution in [-0.4, -0.2) is 4.83 Å². The fourth-order valence-electron chi connectivity index (χ4n) is 2.51. The van der Waals surface area contributed by atoms with E-state index >= 15 is 0 Å². The normalized spacial score (nSPS) is 16.9. The highest BCUT2D eigenvalue weighted by Crippen LogP contribution is 2.30. The van der Waals surface area contributed by atoms with E-state index in [1.54, 1.807) is 11.1 Å². The molecular weight excluding hydrogens is 272 g/mol. The van der Waals surface area contributed by atoms with Gasteiger partial charge in [-0.15, -0.1) is 0 Å². The van der Waals surface area contributed by atoms with E-state index in [2.05, 4.69) is 54.9 Å². The molecule has 0 aliphatic heterocycles. The lowest BCUT2D eigenvalue weighted by Gasteiger charge is -2.25. The maximum absolute atomic E-state index is 3.82. The van der Waals surface area contributed by atoms with Crippen molar-refractivity contribution in [3.8, 4) is 0 Å². The van der Waals surface area contributed by atoms with Crippen molar-refractivity contribution in [1.29, 1.82) is 0 Å². The predicted molar refractivity (Wildman–Crippen MR) is 79.0 cm³/mol. The van der Waals surface area contributed by atoms with Crippen molar-refractivity contribution in [2.24, 2.45) is 5.41 Å². The monoisotopic (exact) mass is 294 g/mol. The molecule has 0 fully saturated rings. The molecular formula is C16H23Br. The van der Waals surface area contributed by atoms with Crippen LogP contribution in [0.5, 0.6) is 0 Å². The molecule has 1 aliphatic rings. The van der Waals surface area contributed by atoms with E-state index in [0.717, 1.165) is 0 Å². The van der Waals surface area contributed by atoms with Gasteiger partial charge in [-0.05, 0) is 54.2 Å². The zero-order chi connectivity index (χ0) is 12.5. The zero-order valence-corrected chi connectivity index (χ0v) is 12.8. The van der Waals surface area contributed by atoms with Gasteiger partial charge < -0.3 is 0 Å². The molecule has 0 nitrogen and oxygen atoms in total. The van der Waals surface area contributed by atoms with Crippen molar-refractivity contribution >= 4 is 15.9 Å². The summed E-state index contributed by atoms with van der Waals surface area (Å²) in [6.07, 6.45) is 6.35. The van der Waals surface area contributed by atoms with Gasteiger partial charge in [-0.2, -0.15) is 0 Å². The second-order valence-electron chi connectivity index (χ2n) is 6.33. The molecule has 0 N–H and O–H groups in total. The van der Waals surface area contributed by atoms with Crippen molar-refractivity contribution in [3.63, 3.8) is 0 Å².